The monoisotopic (exact) mass is 540 g/mol. The number of benzene rings is 3. The molecule has 4 rings (SSSR count). The topological polar surface area (TPSA) is 94.2 Å². The smallest absolute Gasteiger partial charge is 0.303 e. The van der Waals surface area contributed by atoms with Crippen molar-refractivity contribution in [3.05, 3.63) is 108 Å². The summed E-state index contributed by atoms with van der Waals surface area (Å²) in [5.74, 6) is 1.35. The maximum atomic E-state index is 10.6. The highest BCUT2D eigenvalue weighted by atomic mass is 16.6. The van der Waals surface area contributed by atoms with Crippen LogP contribution in [0.25, 0.3) is 11.5 Å². The molecule has 0 fully saturated rings. The van der Waals surface area contributed by atoms with Gasteiger partial charge in [-0.3, -0.25) is 4.79 Å². The van der Waals surface area contributed by atoms with E-state index in [2.05, 4.69) is 10.1 Å². The van der Waals surface area contributed by atoms with Crippen LogP contribution in [0.2, 0.25) is 0 Å². The lowest BCUT2D eigenvalue weighted by Crippen LogP contribution is -2.03. The van der Waals surface area contributed by atoms with Crippen LogP contribution in [0.4, 0.5) is 0 Å². The summed E-state index contributed by atoms with van der Waals surface area (Å²) in [7, 11) is 0. The van der Waals surface area contributed by atoms with Crippen molar-refractivity contribution in [2.75, 3.05) is 0 Å². The average Bonchev–Trinajstić information content (AvgIpc) is 3.36. The molecule has 1 aromatic heterocycles. The number of carboxylic acids is 1. The van der Waals surface area contributed by atoms with Gasteiger partial charge >= 0.3 is 5.97 Å². The number of aliphatic carboxylic acids is 1. The molecular weight excluding hydrogens is 504 g/mol. The second-order valence-electron chi connectivity index (χ2n) is 9.66. The highest BCUT2D eigenvalue weighted by Gasteiger charge is 2.12. The van der Waals surface area contributed by atoms with Crippen molar-refractivity contribution < 1.29 is 23.9 Å². The summed E-state index contributed by atoms with van der Waals surface area (Å²) < 4.78 is 11.8. The number of nitrogens with zero attached hydrogens (tertiary/aromatic N) is 2. The van der Waals surface area contributed by atoms with Gasteiger partial charge in [0.15, 0.2) is 0 Å². The van der Waals surface area contributed by atoms with Crippen LogP contribution in [-0.4, -0.2) is 21.8 Å². The fraction of sp³-hybridized carbons (Fsp3) is 0.303. The predicted octanol–water partition coefficient (Wildman–Crippen LogP) is 7.97. The van der Waals surface area contributed by atoms with Gasteiger partial charge in [-0.05, 0) is 61.6 Å². The van der Waals surface area contributed by atoms with Crippen molar-refractivity contribution >= 4 is 11.7 Å². The van der Waals surface area contributed by atoms with E-state index in [1.165, 1.54) is 0 Å². The Morgan fingerprint density at radius 1 is 0.825 bits per heavy atom. The summed E-state index contributed by atoms with van der Waals surface area (Å²) in [5.41, 5.74) is 4.67. The minimum absolute atomic E-state index is 0.245. The van der Waals surface area contributed by atoms with E-state index in [1.54, 1.807) is 0 Å². The lowest BCUT2D eigenvalue weighted by atomic mass is 10.0. The summed E-state index contributed by atoms with van der Waals surface area (Å²) in [5, 5.41) is 13.2. The highest BCUT2D eigenvalue weighted by molar-refractivity contribution is 6.00. The van der Waals surface area contributed by atoms with Gasteiger partial charge in [-0.1, -0.05) is 85.1 Å². The van der Waals surface area contributed by atoms with Crippen molar-refractivity contribution in [3.8, 4) is 17.2 Å². The molecular formula is C33H36N2O5. The Morgan fingerprint density at radius 3 is 2.17 bits per heavy atom. The maximum absolute atomic E-state index is 10.6. The third kappa shape index (κ3) is 9.12. The molecule has 3 aromatic carbocycles. The van der Waals surface area contributed by atoms with Crippen LogP contribution < -0.4 is 4.74 Å². The standard InChI is InChI=1S/C33H36N2O5/c1-25-31(34-33(40-25)28-15-9-6-10-16-28)24-38-29-21-19-26(20-22-29)23-39-35-30(27-13-7-5-8-14-27)17-11-3-2-4-12-18-32(36)37/h5-10,13-16,19-22H,2-4,11-12,17-18,23-24H2,1H3,(H,36,37). The molecule has 0 aliphatic heterocycles. The predicted molar refractivity (Wildman–Crippen MR) is 155 cm³/mol. The molecule has 0 spiro atoms. The van der Waals surface area contributed by atoms with E-state index >= 15 is 0 Å². The Bertz CT molecular complexity index is 1350. The van der Waals surface area contributed by atoms with Crippen molar-refractivity contribution in [2.24, 2.45) is 5.16 Å². The van der Waals surface area contributed by atoms with Crippen molar-refractivity contribution in [1.29, 1.82) is 0 Å². The van der Waals surface area contributed by atoms with E-state index in [1.807, 2.05) is 91.9 Å². The third-order valence-electron chi connectivity index (χ3n) is 6.53. The summed E-state index contributed by atoms with van der Waals surface area (Å²) in [6.07, 6.45) is 5.76. The molecule has 40 heavy (non-hydrogen) atoms. The quantitative estimate of drug-likeness (QED) is 0.0880. The van der Waals surface area contributed by atoms with Gasteiger partial charge in [0, 0.05) is 12.0 Å². The first-order chi connectivity index (χ1) is 19.6. The molecule has 1 heterocycles. The fourth-order valence-electron chi connectivity index (χ4n) is 4.26. The number of hydrogen-bond acceptors (Lipinski definition) is 6. The molecule has 0 unspecified atom stereocenters. The molecule has 0 radical (unpaired) electrons. The lowest BCUT2D eigenvalue weighted by molar-refractivity contribution is -0.137. The zero-order valence-electron chi connectivity index (χ0n) is 22.9. The number of hydrogen-bond donors (Lipinski definition) is 1. The Hall–Kier alpha value is -4.39. The van der Waals surface area contributed by atoms with Gasteiger partial charge in [-0.2, -0.15) is 0 Å². The van der Waals surface area contributed by atoms with Crippen molar-refractivity contribution in [2.45, 2.75) is 65.1 Å². The van der Waals surface area contributed by atoms with E-state index in [9.17, 15) is 4.79 Å². The largest absolute Gasteiger partial charge is 0.487 e. The van der Waals surface area contributed by atoms with Gasteiger partial charge in [-0.25, -0.2) is 4.98 Å². The average molecular weight is 541 g/mol. The summed E-state index contributed by atoms with van der Waals surface area (Å²) in [4.78, 5) is 21.0. The zero-order valence-corrected chi connectivity index (χ0v) is 22.9. The molecule has 0 amide bonds. The molecule has 0 aliphatic carbocycles. The Labute approximate surface area is 235 Å². The van der Waals surface area contributed by atoms with Gasteiger partial charge in [0.05, 0.1) is 5.71 Å². The third-order valence-corrected chi connectivity index (χ3v) is 6.53. The molecule has 208 valence electrons. The van der Waals surface area contributed by atoms with Crippen molar-refractivity contribution in [3.63, 3.8) is 0 Å². The number of aromatic nitrogens is 1. The molecule has 0 bridgehead atoms. The van der Waals surface area contributed by atoms with Crippen LogP contribution in [0.15, 0.2) is 94.5 Å². The first kappa shape index (κ1) is 28.6. The summed E-state index contributed by atoms with van der Waals surface area (Å²) >= 11 is 0. The Balaban J connectivity index is 1.25. The summed E-state index contributed by atoms with van der Waals surface area (Å²) in [6.45, 7) is 2.57. The number of oxime groups is 1. The number of oxazole rings is 1. The second-order valence-corrected chi connectivity index (χ2v) is 9.66. The number of carbonyl (C=O) groups is 1. The van der Waals surface area contributed by atoms with Crippen LogP contribution in [0.5, 0.6) is 5.75 Å². The second kappa shape index (κ2) is 15.3. The van der Waals surface area contributed by atoms with Gasteiger partial charge in [0.25, 0.3) is 0 Å². The molecule has 0 atom stereocenters. The maximum Gasteiger partial charge on any atom is 0.303 e. The number of carboxylic acid groups (broad SMARTS) is 1. The van der Waals surface area contributed by atoms with Crippen LogP contribution in [0.1, 0.15) is 67.5 Å². The van der Waals surface area contributed by atoms with E-state index < -0.39 is 5.97 Å². The number of rotatable bonds is 16. The van der Waals surface area contributed by atoms with E-state index in [0.29, 0.717) is 19.1 Å². The minimum atomic E-state index is -0.725. The van der Waals surface area contributed by atoms with E-state index in [0.717, 1.165) is 78.1 Å². The number of unbranched alkanes of at least 4 members (excludes halogenated alkanes) is 4. The number of aryl methyl sites for hydroxylation is 1. The van der Waals surface area contributed by atoms with Gasteiger partial charge in [-0.15, -0.1) is 0 Å². The van der Waals surface area contributed by atoms with Gasteiger partial charge in [0.1, 0.15) is 30.4 Å². The molecule has 7 heteroatoms. The molecule has 7 nitrogen and oxygen atoms in total. The normalized spacial score (nSPS) is 11.4. The molecule has 1 N–H and O–H groups in total. The first-order valence-corrected chi connectivity index (χ1v) is 13.8. The molecule has 0 aliphatic rings. The van der Waals surface area contributed by atoms with Crippen LogP contribution in [0, 0.1) is 6.92 Å². The van der Waals surface area contributed by atoms with E-state index in [-0.39, 0.29) is 6.42 Å². The lowest BCUT2D eigenvalue weighted by Gasteiger charge is -2.08. The molecule has 0 saturated heterocycles. The molecule has 4 aromatic rings. The SMILES string of the molecule is Cc1oc(-c2ccccc2)nc1COc1ccc(CON=C(CCCCCCCC(=O)O)c2ccccc2)cc1. The minimum Gasteiger partial charge on any atom is -0.487 e. The van der Waals surface area contributed by atoms with Gasteiger partial charge in [0.2, 0.25) is 5.89 Å². The van der Waals surface area contributed by atoms with Crippen LogP contribution >= 0.6 is 0 Å². The fourth-order valence-corrected chi connectivity index (χ4v) is 4.26. The molecule has 0 saturated carbocycles. The van der Waals surface area contributed by atoms with Crippen molar-refractivity contribution in [1.82, 2.24) is 4.98 Å². The Morgan fingerprint density at radius 2 is 1.48 bits per heavy atom. The number of ether oxygens (including phenoxy) is 1. The zero-order chi connectivity index (χ0) is 28.0. The van der Waals surface area contributed by atoms with Gasteiger partial charge < -0.3 is 19.1 Å². The van der Waals surface area contributed by atoms with Crippen LogP contribution in [-0.2, 0) is 22.8 Å². The highest BCUT2D eigenvalue weighted by Crippen LogP contribution is 2.23. The first-order valence-electron chi connectivity index (χ1n) is 13.8. The summed E-state index contributed by atoms with van der Waals surface area (Å²) in [6, 6.07) is 27.7. The Kier molecular flexibility index (Phi) is 10.9. The van der Waals surface area contributed by atoms with Crippen LogP contribution in [0.3, 0.4) is 0 Å². The van der Waals surface area contributed by atoms with E-state index in [4.69, 9.17) is 19.1 Å².